The van der Waals surface area contributed by atoms with Gasteiger partial charge in [0.25, 0.3) is 5.91 Å². The van der Waals surface area contributed by atoms with E-state index in [1.807, 2.05) is 42.5 Å². The Morgan fingerprint density at radius 3 is 2.68 bits per heavy atom. The number of aromatic nitrogens is 2. The van der Waals surface area contributed by atoms with Crippen LogP contribution < -0.4 is 10.1 Å². The molecule has 1 saturated heterocycles. The maximum Gasteiger partial charge on any atom is 0.251 e. The first-order chi connectivity index (χ1) is 13.8. The SMILES string of the molecule is O=C(NC[C@@H]1CCCO1)c1ccc(-c2cc(Oc3ccccc3)ncn2)cc1. The molecule has 0 aliphatic carbocycles. The van der Waals surface area contributed by atoms with Crippen LogP contribution in [0.25, 0.3) is 11.3 Å². The van der Waals surface area contributed by atoms with Gasteiger partial charge in [0.05, 0.1) is 11.8 Å². The number of carbonyl (C=O) groups excluding carboxylic acids is 1. The number of nitrogens with zero attached hydrogens (tertiary/aromatic N) is 2. The van der Waals surface area contributed by atoms with Crippen LogP contribution in [0.2, 0.25) is 0 Å². The summed E-state index contributed by atoms with van der Waals surface area (Å²) in [6.07, 6.45) is 3.66. The van der Waals surface area contributed by atoms with Crippen LogP contribution in [0, 0.1) is 0 Å². The molecule has 1 atom stereocenters. The second-order valence-electron chi connectivity index (χ2n) is 6.58. The van der Waals surface area contributed by atoms with Crippen molar-refractivity contribution in [3.63, 3.8) is 0 Å². The molecule has 1 aliphatic heterocycles. The lowest BCUT2D eigenvalue weighted by molar-refractivity contribution is 0.0858. The van der Waals surface area contributed by atoms with Crippen molar-refractivity contribution in [1.29, 1.82) is 0 Å². The molecule has 1 fully saturated rings. The van der Waals surface area contributed by atoms with Gasteiger partial charge in [-0.1, -0.05) is 30.3 Å². The van der Waals surface area contributed by atoms with E-state index in [1.165, 1.54) is 6.33 Å². The normalized spacial score (nSPS) is 15.9. The second-order valence-corrected chi connectivity index (χ2v) is 6.58. The van der Waals surface area contributed by atoms with Crippen molar-refractivity contribution in [2.45, 2.75) is 18.9 Å². The lowest BCUT2D eigenvalue weighted by atomic mass is 10.1. The average molecular weight is 375 g/mol. The summed E-state index contributed by atoms with van der Waals surface area (Å²) >= 11 is 0. The van der Waals surface area contributed by atoms with Crippen molar-refractivity contribution < 1.29 is 14.3 Å². The Hall–Kier alpha value is -3.25. The van der Waals surface area contributed by atoms with Crippen LogP contribution in [-0.2, 0) is 4.74 Å². The Bertz CT molecular complexity index is 923. The number of rotatable bonds is 6. The number of amides is 1. The highest BCUT2D eigenvalue weighted by molar-refractivity contribution is 5.94. The molecule has 1 aliphatic rings. The fourth-order valence-electron chi connectivity index (χ4n) is 3.07. The smallest absolute Gasteiger partial charge is 0.251 e. The molecule has 1 aromatic heterocycles. The Morgan fingerprint density at radius 2 is 1.93 bits per heavy atom. The van der Waals surface area contributed by atoms with E-state index < -0.39 is 0 Å². The molecule has 1 amide bonds. The summed E-state index contributed by atoms with van der Waals surface area (Å²) in [7, 11) is 0. The maximum absolute atomic E-state index is 12.3. The highest BCUT2D eigenvalue weighted by Crippen LogP contribution is 2.24. The maximum atomic E-state index is 12.3. The molecule has 4 rings (SSSR count). The third kappa shape index (κ3) is 4.53. The molecule has 0 spiro atoms. The monoisotopic (exact) mass is 375 g/mol. The number of hydrogen-bond donors (Lipinski definition) is 1. The molecule has 28 heavy (non-hydrogen) atoms. The lowest BCUT2D eigenvalue weighted by Gasteiger charge is -2.11. The molecule has 142 valence electrons. The third-order valence-electron chi connectivity index (χ3n) is 4.56. The van der Waals surface area contributed by atoms with Gasteiger partial charge in [0.15, 0.2) is 0 Å². The largest absolute Gasteiger partial charge is 0.439 e. The Morgan fingerprint density at radius 1 is 1.11 bits per heavy atom. The number of hydrogen-bond acceptors (Lipinski definition) is 5. The van der Waals surface area contributed by atoms with Crippen molar-refractivity contribution >= 4 is 5.91 Å². The molecule has 0 saturated carbocycles. The minimum absolute atomic E-state index is 0.0992. The first kappa shape index (κ1) is 18.1. The molecule has 6 nitrogen and oxygen atoms in total. The molecule has 2 heterocycles. The van der Waals surface area contributed by atoms with E-state index in [2.05, 4.69) is 15.3 Å². The standard InChI is InChI=1S/C22H21N3O3/c26-22(23-14-19-7-4-12-27-19)17-10-8-16(9-11-17)20-13-21(25-15-24-20)28-18-5-2-1-3-6-18/h1-3,5-6,8-11,13,15,19H,4,7,12,14H2,(H,23,26)/t19-/m0/s1. The summed E-state index contributed by atoms with van der Waals surface area (Å²) in [5.74, 6) is 1.08. The van der Waals surface area contributed by atoms with E-state index in [-0.39, 0.29) is 12.0 Å². The Labute approximate surface area is 163 Å². The Kier molecular flexibility index (Phi) is 5.58. The lowest BCUT2D eigenvalue weighted by Crippen LogP contribution is -2.31. The van der Waals surface area contributed by atoms with Gasteiger partial charge in [0.2, 0.25) is 5.88 Å². The molecule has 6 heteroatoms. The summed E-state index contributed by atoms with van der Waals surface area (Å²) < 4.78 is 11.3. The van der Waals surface area contributed by atoms with Crippen LogP contribution in [0.5, 0.6) is 11.6 Å². The summed E-state index contributed by atoms with van der Waals surface area (Å²) in [6.45, 7) is 1.33. The van der Waals surface area contributed by atoms with Crippen molar-refractivity contribution in [3.8, 4) is 22.9 Å². The van der Waals surface area contributed by atoms with E-state index in [0.717, 1.165) is 30.7 Å². The summed E-state index contributed by atoms with van der Waals surface area (Å²) in [6, 6.07) is 18.6. The zero-order valence-electron chi connectivity index (χ0n) is 15.4. The van der Waals surface area contributed by atoms with Gasteiger partial charge in [-0.3, -0.25) is 4.79 Å². The van der Waals surface area contributed by atoms with Crippen LogP contribution in [-0.4, -0.2) is 35.1 Å². The van der Waals surface area contributed by atoms with Crippen LogP contribution in [0.3, 0.4) is 0 Å². The van der Waals surface area contributed by atoms with Gasteiger partial charge in [0.1, 0.15) is 12.1 Å². The first-order valence-corrected chi connectivity index (χ1v) is 9.33. The van der Waals surface area contributed by atoms with E-state index in [4.69, 9.17) is 9.47 Å². The fourth-order valence-corrected chi connectivity index (χ4v) is 3.07. The molecular formula is C22H21N3O3. The van der Waals surface area contributed by atoms with Gasteiger partial charge in [0, 0.05) is 30.3 Å². The van der Waals surface area contributed by atoms with E-state index in [9.17, 15) is 4.79 Å². The average Bonchev–Trinajstić information content (AvgIpc) is 3.27. The molecule has 0 bridgehead atoms. The number of nitrogens with one attached hydrogen (secondary N) is 1. The van der Waals surface area contributed by atoms with Crippen molar-refractivity contribution in [3.05, 3.63) is 72.6 Å². The van der Waals surface area contributed by atoms with Gasteiger partial charge in [-0.2, -0.15) is 0 Å². The van der Waals surface area contributed by atoms with Gasteiger partial charge < -0.3 is 14.8 Å². The van der Waals surface area contributed by atoms with Crippen LogP contribution in [0.15, 0.2) is 67.0 Å². The zero-order chi connectivity index (χ0) is 19.2. The van der Waals surface area contributed by atoms with Gasteiger partial charge in [-0.15, -0.1) is 0 Å². The minimum atomic E-state index is -0.0992. The van der Waals surface area contributed by atoms with Crippen LogP contribution in [0.1, 0.15) is 23.2 Å². The summed E-state index contributed by atoms with van der Waals surface area (Å²) in [5.41, 5.74) is 2.22. The summed E-state index contributed by atoms with van der Waals surface area (Å²) in [5, 5.41) is 2.93. The molecule has 2 aromatic carbocycles. The summed E-state index contributed by atoms with van der Waals surface area (Å²) in [4.78, 5) is 20.8. The number of benzene rings is 2. The van der Waals surface area contributed by atoms with Crippen molar-refractivity contribution in [2.24, 2.45) is 0 Å². The predicted octanol–water partition coefficient (Wildman–Crippen LogP) is 3.84. The van der Waals surface area contributed by atoms with Gasteiger partial charge in [-0.05, 0) is 37.1 Å². The van der Waals surface area contributed by atoms with Crippen LogP contribution in [0.4, 0.5) is 0 Å². The highest BCUT2D eigenvalue weighted by Gasteiger charge is 2.16. The quantitative estimate of drug-likeness (QED) is 0.708. The second kappa shape index (κ2) is 8.63. The number of carbonyl (C=O) groups is 1. The first-order valence-electron chi connectivity index (χ1n) is 9.33. The molecule has 1 N–H and O–H groups in total. The van der Waals surface area contributed by atoms with E-state index in [1.54, 1.807) is 18.2 Å². The van der Waals surface area contributed by atoms with Gasteiger partial charge in [-0.25, -0.2) is 9.97 Å². The number of ether oxygens (including phenoxy) is 2. The topological polar surface area (TPSA) is 73.3 Å². The third-order valence-corrected chi connectivity index (χ3v) is 4.56. The molecule has 0 unspecified atom stereocenters. The highest BCUT2D eigenvalue weighted by atomic mass is 16.5. The predicted molar refractivity (Wildman–Crippen MR) is 105 cm³/mol. The van der Waals surface area contributed by atoms with Crippen molar-refractivity contribution in [1.82, 2.24) is 15.3 Å². The molecular weight excluding hydrogens is 354 g/mol. The van der Waals surface area contributed by atoms with E-state index in [0.29, 0.717) is 23.7 Å². The fraction of sp³-hybridized carbons (Fsp3) is 0.227. The minimum Gasteiger partial charge on any atom is -0.439 e. The van der Waals surface area contributed by atoms with Crippen LogP contribution >= 0.6 is 0 Å². The zero-order valence-corrected chi connectivity index (χ0v) is 15.4. The van der Waals surface area contributed by atoms with E-state index >= 15 is 0 Å². The molecule has 3 aromatic rings. The molecule has 0 radical (unpaired) electrons. The van der Waals surface area contributed by atoms with Gasteiger partial charge >= 0.3 is 0 Å². The number of para-hydroxylation sites is 1. The van der Waals surface area contributed by atoms with Crippen molar-refractivity contribution in [2.75, 3.05) is 13.2 Å². The Balaban J connectivity index is 1.42.